The van der Waals surface area contributed by atoms with Gasteiger partial charge in [-0.15, -0.1) is 0 Å². The Balaban J connectivity index is 1.95. The summed E-state index contributed by atoms with van der Waals surface area (Å²) < 4.78 is 11.0. The van der Waals surface area contributed by atoms with Gasteiger partial charge in [-0.2, -0.15) is 0 Å². The first-order valence-electron chi connectivity index (χ1n) is 7.26. The van der Waals surface area contributed by atoms with Crippen molar-refractivity contribution in [2.45, 2.75) is 70.1 Å². The average Bonchev–Trinajstić information content (AvgIpc) is 3.06. The Labute approximate surface area is 109 Å². The number of carbonyl (C=O) groups is 1. The van der Waals surface area contributed by atoms with Crippen LogP contribution in [0.5, 0.6) is 0 Å². The Morgan fingerprint density at radius 1 is 1.33 bits per heavy atom. The number of hydrogen-bond donors (Lipinski definition) is 1. The van der Waals surface area contributed by atoms with Crippen LogP contribution in [0.15, 0.2) is 0 Å². The van der Waals surface area contributed by atoms with E-state index in [1.807, 2.05) is 6.92 Å². The van der Waals surface area contributed by atoms with Crippen LogP contribution in [0.4, 0.5) is 0 Å². The van der Waals surface area contributed by atoms with Crippen molar-refractivity contribution in [2.75, 3.05) is 13.2 Å². The lowest BCUT2D eigenvalue weighted by Gasteiger charge is -2.28. The molecule has 0 saturated heterocycles. The molecule has 0 aromatic heterocycles. The Morgan fingerprint density at radius 2 is 2.11 bits per heavy atom. The molecule has 0 aliphatic heterocycles. The van der Waals surface area contributed by atoms with Gasteiger partial charge in [-0.25, -0.2) is 0 Å². The minimum Gasteiger partial charge on any atom is -0.465 e. The van der Waals surface area contributed by atoms with E-state index in [1.165, 1.54) is 12.8 Å². The van der Waals surface area contributed by atoms with Crippen molar-refractivity contribution in [3.8, 4) is 0 Å². The molecule has 0 amide bonds. The van der Waals surface area contributed by atoms with E-state index in [0.29, 0.717) is 12.6 Å². The molecule has 4 heteroatoms. The Bertz CT molecular complexity index is 291. The van der Waals surface area contributed by atoms with Crippen LogP contribution in [0, 0.1) is 0 Å². The zero-order valence-electron chi connectivity index (χ0n) is 11.5. The molecule has 1 N–H and O–H groups in total. The van der Waals surface area contributed by atoms with Crippen LogP contribution in [0.2, 0.25) is 0 Å². The summed E-state index contributed by atoms with van der Waals surface area (Å²) in [4.78, 5) is 12.2. The predicted octanol–water partition coefficient (Wildman–Crippen LogP) is 2.02. The molecule has 2 atom stereocenters. The van der Waals surface area contributed by atoms with E-state index >= 15 is 0 Å². The molecule has 2 unspecified atom stereocenters. The van der Waals surface area contributed by atoms with Gasteiger partial charge in [0.15, 0.2) is 0 Å². The highest BCUT2D eigenvalue weighted by Gasteiger charge is 2.49. The highest BCUT2D eigenvalue weighted by atomic mass is 16.5. The summed E-state index contributed by atoms with van der Waals surface area (Å²) >= 11 is 0. The van der Waals surface area contributed by atoms with Gasteiger partial charge in [0.25, 0.3) is 0 Å². The van der Waals surface area contributed by atoms with E-state index in [-0.39, 0.29) is 12.1 Å². The fraction of sp³-hybridized carbons (Fsp3) is 0.929. The second-order valence-corrected chi connectivity index (χ2v) is 5.46. The van der Waals surface area contributed by atoms with E-state index in [2.05, 4.69) is 12.2 Å². The van der Waals surface area contributed by atoms with Crippen LogP contribution < -0.4 is 5.32 Å². The van der Waals surface area contributed by atoms with Gasteiger partial charge in [-0.05, 0) is 39.0 Å². The molecule has 2 aliphatic carbocycles. The van der Waals surface area contributed by atoms with Gasteiger partial charge in [0.1, 0.15) is 5.54 Å². The Morgan fingerprint density at radius 3 is 2.72 bits per heavy atom. The van der Waals surface area contributed by atoms with Gasteiger partial charge in [0, 0.05) is 19.1 Å². The van der Waals surface area contributed by atoms with Gasteiger partial charge in [0.05, 0.1) is 12.7 Å². The lowest BCUT2D eigenvalue weighted by Crippen LogP contribution is -2.52. The molecule has 0 spiro atoms. The molecule has 0 heterocycles. The number of carbonyl (C=O) groups excluding carboxylic acids is 1. The van der Waals surface area contributed by atoms with Gasteiger partial charge in [-0.1, -0.05) is 6.92 Å². The van der Waals surface area contributed by atoms with E-state index in [0.717, 1.165) is 32.3 Å². The number of hydrogen-bond acceptors (Lipinski definition) is 4. The minimum atomic E-state index is -0.477. The van der Waals surface area contributed by atoms with E-state index in [1.54, 1.807) is 0 Å². The van der Waals surface area contributed by atoms with Crippen molar-refractivity contribution in [1.29, 1.82) is 0 Å². The first kappa shape index (κ1) is 13.8. The molecule has 0 bridgehead atoms. The molecular formula is C14H25NO3. The van der Waals surface area contributed by atoms with Crippen molar-refractivity contribution in [1.82, 2.24) is 5.32 Å². The summed E-state index contributed by atoms with van der Waals surface area (Å²) in [5, 5.41) is 3.50. The third-order valence-corrected chi connectivity index (χ3v) is 3.75. The molecular weight excluding hydrogens is 230 g/mol. The average molecular weight is 255 g/mol. The van der Waals surface area contributed by atoms with Crippen LogP contribution in [0.3, 0.4) is 0 Å². The van der Waals surface area contributed by atoms with Crippen molar-refractivity contribution in [3.63, 3.8) is 0 Å². The highest BCUT2D eigenvalue weighted by Crippen LogP contribution is 2.36. The monoisotopic (exact) mass is 255 g/mol. The highest BCUT2D eigenvalue weighted by molar-refractivity contribution is 5.81. The zero-order valence-corrected chi connectivity index (χ0v) is 11.5. The van der Waals surface area contributed by atoms with Crippen LogP contribution in [-0.2, 0) is 14.3 Å². The minimum absolute atomic E-state index is 0.0838. The lowest BCUT2D eigenvalue weighted by atomic mass is 9.97. The summed E-state index contributed by atoms with van der Waals surface area (Å²) in [5.74, 6) is -0.0838. The third kappa shape index (κ3) is 3.23. The maximum atomic E-state index is 12.2. The smallest absolute Gasteiger partial charge is 0.326 e. The van der Waals surface area contributed by atoms with Gasteiger partial charge in [0.2, 0.25) is 0 Å². The fourth-order valence-corrected chi connectivity index (χ4v) is 2.69. The van der Waals surface area contributed by atoms with Crippen molar-refractivity contribution < 1.29 is 14.3 Å². The summed E-state index contributed by atoms with van der Waals surface area (Å²) in [5.41, 5.74) is -0.477. The van der Waals surface area contributed by atoms with Crippen LogP contribution in [-0.4, -0.2) is 36.9 Å². The predicted molar refractivity (Wildman–Crippen MR) is 69.4 cm³/mol. The standard InChI is InChI=1S/C14H25NO3/c1-3-9-18-12-7-8-14(10-12,13(16)17-4-2)15-11-5-6-11/h11-12,15H,3-10H2,1-2H3. The van der Waals surface area contributed by atoms with Gasteiger partial charge >= 0.3 is 5.97 Å². The molecule has 4 nitrogen and oxygen atoms in total. The summed E-state index contributed by atoms with van der Waals surface area (Å²) in [6.45, 7) is 5.21. The summed E-state index contributed by atoms with van der Waals surface area (Å²) in [7, 11) is 0. The number of ether oxygens (including phenoxy) is 2. The number of esters is 1. The third-order valence-electron chi connectivity index (χ3n) is 3.75. The SMILES string of the molecule is CCCOC1CCC(NC2CC2)(C(=O)OCC)C1. The van der Waals surface area contributed by atoms with Crippen LogP contribution in [0.1, 0.15) is 52.4 Å². The number of rotatable bonds is 7. The van der Waals surface area contributed by atoms with Crippen molar-refractivity contribution in [2.24, 2.45) is 0 Å². The summed E-state index contributed by atoms with van der Waals surface area (Å²) in [6.07, 6.45) is 6.17. The van der Waals surface area contributed by atoms with Crippen molar-refractivity contribution in [3.05, 3.63) is 0 Å². The summed E-state index contributed by atoms with van der Waals surface area (Å²) in [6, 6.07) is 0.513. The van der Waals surface area contributed by atoms with E-state index in [9.17, 15) is 4.79 Å². The molecule has 104 valence electrons. The lowest BCUT2D eigenvalue weighted by molar-refractivity contribution is -0.151. The van der Waals surface area contributed by atoms with Gasteiger partial charge < -0.3 is 9.47 Å². The molecule has 2 fully saturated rings. The maximum absolute atomic E-state index is 12.2. The number of nitrogens with one attached hydrogen (secondary N) is 1. The molecule has 0 aromatic carbocycles. The van der Waals surface area contributed by atoms with E-state index in [4.69, 9.17) is 9.47 Å². The molecule has 18 heavy (non-hydrogen) atoms. The molecule has 2 aliphatic rings. The quantitative estimate of drug-likeness (QED) is 0.707. The molecule has 0 radical (unpaired) electrons. The Kier molecular flexibility index (Phi) is 4.62. The molecule has 2 rings (SSSR count). The fourth-order valence-electron chi connectivity index (χ4n) is 2.69. The maximum Gasteiger partial charge on any atom is 0.326 e. The zero-order chi connectivity index (χ0) is 13.0. The first-order chi connectivity index (χ1) is 8.70. The largest absolute Gasteiger partial charge is 0.465 e. The van der Waals surface area contributed by atoms with Crippen LogP contribution in [0.25, 0.3) is 0 Å². The second-order valence-electron chi connectivity index (χ2n) is 5.46. The van der Waals surface area contributed by atoms with Crippen LogP contribution >= 0.6 is 0 Å². The molecule has 0 aromatic rings. The van der Waals surface area contributed by atoms with Gasteiger partial charge in [-0.3, -0.25) is 10.1 Å². The Hall–Kier alpha value is -0.610. The molecule has 2 saturated carbocycles. The van der Waals surface area contributed by atoms with Crippen molar-refractivity contribution >= 4 is 5.97 Å². The topological polar surface area (TPSA) is 47.6 Å². The van der Waals surface area contributed by atoms with E-state index < -0.39 is 5.54 Å². The first-order valence-corrected chi connectivity index (χ1v) is 7.26. The normalized spacial score (nSPS) is 31.6. The second kappa shape index (κ2) is 6.02.